The number of carbonyl (C=O) groups excluding carboxylic acids is 1. The number of hydrogen-bond donors (Lipinski definition) is 0. The quantitative estimate of drug-likeness (QED) is 0.440. The molecule has 186 valence electrons. The van der Waals surface area contributed by atoms with Gasteiger partial charge in [-0.2, -0.15) is 4.98 Å². The second-order valence-electron chi connectivity index (χ2n) is 8.91. The molecule has 2 heterocycles. The van der Waals surface area contributed by atoms with Gasteiger partial charge in [0.1, 0.15) is 0 Å². The van der Waals surface area contributed by atoms with E-state index in [2.05, 4.69) is 35.0 Å². The molecule has 1 aliphatic heterocycles. The monoisotopic (exact) mass is 478 g/mol. The van der Waals surface area contributed by atoms with Gasteiger partial charge in [0.2, 0.25) is 17.6 Å². The van der Waals surface area contributed by atoms with Gasteiger partial charge in [0.15, 0.2) is 11.5 Å². The lowest BCUT2D eigenvalue weighted by Crippen LogP contribution is -2.43. The van der Waals surface area contributed by atoms with Crippen LogP contribution in [0.3, 0.4) is 0 Å². The largest absolute Gasteiger partial charge is 0.493 e. The maximum atomic E-state index is 13.4. The Labute approximate surface area is 206 Å². The predicted molar refractivity (Wildman–Crippen MR) is 135 cm³/mol. The molecular weight excluding hydrogens is 444 g/mol. The van der Waals surface area contributed by atoms with E-state index in [1.165, 1.54) is 0 Å². The molecule has 4 rings (SSSR count). The van der Waals surface area contributed by atoms with Crippen LogP contribution in [0.5, 0.6) is 11.5 Å². The number of carbonyl (C=O) groups is 1. The summed E-state index contributed by atoms with van der Waals surface area (Å²) >= 11 is 0. The van der Waals surface area contributed by atoms with E-state index in [4.69, 9.17) is 14.0 Å². The Hall–Kier alpha value is -3.39. The number of nitrogens with zero attached hydrogens (tertiary/aromatic N) is 4. The number of hydrogen-bond acceptors (Lipinski definition) is 7. The van der Waals surface area contributed by atoms with Crippen molar-refractivity contribution in [2.24, 2.45) is 5.92 Å². The third-order valence-corrected chi connectivity index (χ3v) is 6.53. The van der Waals surface area contributed by atoms with Crippen LogP contribution >= 0.6 is 0 Å². The molecule has 8 nitrogen and oxygen atoms in total. The number of aromatic nitrogens is 2. The maximum absolute atomic E-state index is 13.4. The lowest BCUT2D eigenvalue weighted by molar-refractivity contribution is -0.123. The van der Waals surface area contributed by atoms with Crippen LogP contribution in [0.4, 0.5) is 5.69 Å². The zero-order chi connectivity index (χ0) is 24.8. The average Bonchev–Trinajstić information content (AvgIpc) is 3.36. The summed E-state index contributed by atoms with van der Waals surface area (Å²) in [5.41, 5.74) is 2.96. The normalized spacial score (nSPS) is 14.6. The minimum atomic E-state index is 0.0300. The summed E-state index contributed by atoms with van der Waals surface area (Å²) in [6.45, 7) is 7.12. The second-order valence-corrected chi connectivity index (χ2v) is 8.91. The van der Waals surface area contributed by atoms with Crippen LogP contribution in [0.1, 0.15) is 37.6 Å². The number of likely N-dealkylation sites (tertiary alicyclic amines) is 1. The van der Waals surface area contributed by atoms with Gasteiger partial charge in [-0.3, -0.25) is 9.69 Å². The highest BCUT2D eigenvalue weighted by atomic mass is 16.5. The number of aryl methyl sites for hydroxylation is 1. The molecule has 2 aromatic carbocycles. The summed E-state index contributed by atoms with van der Waals surface area (Å²) in [7, 11) is 3.20. The first-order chi connectivity index (χ1) is 17.0. The van der Waals surface area contributed by atoms with Crippen LogP contribution in [0.25, 0.3) is 11.4 Å². The Bertz CT molecular complexity index is 1140. The van der Waals surface area contributed by atoms with Gasteiger partial charge >= 0.3 is 0 Å². The Balaban J connectivity index is 1.36. The molecule has 0 spiro atoms. The molecule has 0 N–H and O–H groups in total. The van der Waals surface area contributed by atoms with Gasteiger partial charge < -0.3 is 18.9 Å². The van der Waals surface area contributed by atoms with Crippen LogP contribution in [0.15, 0.2) is 47.0 Å². The van der Waals surface area contributed by atoms with Crippen molar-refractivity contribution in [2.75, 3.05) is 38.8 Å². The van der Waals surface area contributed by atoms with Gasteiger partial charge in [-0.15, -0.1) is 0 Å². The Morgan fingerprint density at radius 1 is 1.11 bits per heavy atom. The molecule has 1 aliphatic rings. The fourth-order valence-electron chi connectivity index (χ4n) is 4.60. The zero-order valence-electron chi connectivity index (χ0n) is 21.0. The number of para-hydroxylation sites is 1. The van der Waals surface area contributed by atoms with Crippen molar-refractivity contribution < 1.29 is 18.8 Å². The molecule has 0 unspecified atom stereocenters. The van der Waals surface area contributed by atoms with E-state index in [1.54, 1.807) is 14.2 Å². The van der Waals surface area contributed by atoms with Crippen molar-refractivity contribution in [3.8, 4) is 22.9 Å². The average molecular weight is 479 g/mol. The van der Waals surface area contributed by atoms with Crippen LogP contribution in [-0.4, -0.2) is 54.8 Å². The lowest BCUT2D eigenvalue weighted by Gasteiger charge is -2.34. The molecule has 0 bridgehead atoms. The number of anilines is 1. The molecule has 0 saturated carbocycles. The van der Waals surface area contributed by atoms with E-state index in [0.29, 0.717) is 29.8 Å². The van der Waals surface area contributed by atoms with Gasteiger partial charge in [0.05, 0.1) is 20.8 Å². The molecule has 1 amide bonds. The van der Waals surface area contributed by atoms with E-state index in [9.17, 15) is 4.79 Å². The summed E-state index contributed by atoms with van der Waals surface area (Å²) in [5.74, 6) is 2.60. The second kappa shape index (κ2) is 11.4. The van der Waals surface area contributed by atoms with E-state index < -0.39 is 0 Å². The summed E-state index contributed by atoms with van der Waals surface area (Å²) in [6.07, 6.45) is 2.57. The van der Waals surface area contributed by atoms with Crippen LogP contribution in [-0.2, 0) is 11.3 Å². The fourth-order valence-corrected chi connectivity index (χ4v) is 4.60. The number of benzene rings is 2. The molecule has 8 heteroatoms. The molecule has 1 aromatic heterocycles. The highest BCUT2D eigenvalue weighted by Crippen LogP contribution is 2.31. The molecule has 0 aliphatic carbocycles. The number of piperidine rings is 1. The summed E-state index contributed by atoms with van der Waals surface area (Å²) in [4.78, 5) is 22.2. The van der Waals surface area contributed by atoms with Crippen molar-refractivity contribution in [3.05, 3.63) is 53.9 Å². The van der Waals surface area contributed by atoms with Crippen molar-refractivity contribution in [2.45, 2.75) is 39.7 Å². The first-order valence-corrected chi connectivity index (χ1v) is 12.2. The molecule has 1 saturated heterocycles. The molecular formula is C27H34N4O4. The number of rotatable bonds is 9. The molecule has 1 fully saturated rings. The first-order valence-electron chi connectivity index (χ1n) is 12.2. The van der Waals surface area contributed by atoms with E-state index in [1.807, 2.05) is 41.3 Å². The first kappa shape index (κ1) is 24.7. The summed E-state index contributed by atoms with van der Waals surface area (Å²) < 4.78 is 16.2. The minimum absolute atomic E-state index is 0.0300. The van der Waals surface area contributed by atoms with Gasteiger partial charge in [0.25, 0.3) is 0 Å². The number of ether oxygens (including phenoxy) is 2. The summed E-state index contributed by atoms with van der Waals surface area (Å²) in [6, 6.07) is 13.7. The van der Waals surface area contributed by atoms with Crippen LogP contribution < -0.4 is 14.4 Å². The van der Waals surface area contributed by atoms with Crippen molar-refractivity contribution in [3.63, 3.8) is 0 Å². The highest BCUT2D eigenvalue weighted by Gasteiger charge is 2.30. The molecule has 3 aromatic rings. The van der Waals surface area contributed by atoms with Crippen LogP contribution in [0.2, 0.25) is 0 Å². The predicted octanol–water partition coefficient (Wildman–Crippen LogP) is 4.72. The van der Waals surface area contributed by atoms with E-state index >= 15 is 0 Å². The van der Waals surface area contributed by atoms with Crippen LogP contribution in [0, 0.1) is 12.8 Å². The van der Waals surface area contributed by atoms with Crippen molar-refractivity contribution in [1.82, 2.24) is 15.0 Å². The molecule has 35 heavy (non-hydrogen) atoms. The van der Waals surface area contributed by atoms with Gasteiger partial charge in [-0.25, -0.2) is 0 Å². The molecule has 0 radical (unpaired) electrons. The van der Waals surface area contributed by atoms with Gasteiger partial charge in [0, 0.05) is 23.7 Å². The number of amides is 1. The third-order valence-electron chi connectivity index (χ3n) is 6.53. The topological polar surface area (TPSA) is 80.9 Å². The Morgan fingerprint density at radius 2 is 1.86 bits per heavy atom. The van der Waals surface area contributed by atoms with Crippen molar-refractivity contribution >= 4 is 11.6 Å². The van der Waals surface area contributed by atoms with E-state index in [-0.39, 0.29) is 11.8 Å². The number of methoxy groups -OCH3 is 2. The fraction of sp³-hybridized carbons (Fsp3) is 0.444. The SMILES string of the molecule is CCCN(C(=O)C1CCN(Cc2nc(-c3ccc(OC)c(OC)c3)no2)CC1)c1ccccc1C. The highest BCUT2D eigenvalue weighted by molar-refractivity contribution is 5.95. The molecule has 0 atom stereocenters. The zero-order valence-corrected chi connectivity index (χ0v) is 21.0. The lowest BCUT2D eigenvalue weighted by atomic mass is 9.94. The van der Waals surface area contributed by atoms with Gasteiger partial charge in [-0.1, -0.05) is 30.3 Å². The Morgan fingerprint density at radius 3 is 2.54 bits per heavy atom. The smallest absolute Gasteiger partial charge is 0.241 e. The maximum Gasteiger partial charge on any atom is 0.241 e. The van der Waals surface area contributed by atoms with Gasteiger partial charge in [-0.05, 0) is 69.1 Å². The van der Waals surface area contributed by atoms with Crippen molar-refractivity contribution in [1.29, 1.82) is 0 Å². The summed E-state index contributed by atoms with van der Waals surface area (Å²) in [5, 5.41) is 4.14. The third kappa shape index (κ3) is 5.65. The van der Waals surface area contributed by atoms with E-state index in [0.717, 1.165) is 55.7 Å². The Kier molecular flexibility index (Phi) is 8.02. The minimum Gasteiger partial charge on any atom is -0.493 e. The standard InChI is InChI=1S/C27H34N4O4/c1-5-14-31(22-9-7-6-8-19(22)2)27(32)20-12-15-30(16-13-20)18-25-28-26(29-35-25)21-10-11-23(33-3)24(17-21)34-4/h6-11,17,20H,5,12-16,18H2,1-4H3.